The number of methoxy groups -OCH3 is 2. The van der Waals surface area contributed by atoms with Gasteiger partial charge in [0.05, 0.1) is 25.7 Å². The summed E-state index contributed by atoms with van der Waals surface area (Å²) in [5.74, 6) is -0.864. The van der Waals surface area contributed by atoms with Crippen LogP contribution in [-0.4, -0.2) is 30.4 Å². The molecule has 0 heterocycles. The minimum absolute atomic E-state index is 0.0416. The van der Waals surface area contributed by atoms with Gasteiger partial charge >= 0.3 is 5.97 Å². The number of carbonyl (C=O) groups is 1. The first kappa shape index (κ1) is 12.4. The highest BCUT2D eigenvalue weighted by Gasteiger charge is 2.20. The number of phenols is 1. The number of rotatable bonds is 4. The Morgan fingerprint density at radius 2 is 2.06 bits per heavy atom. The van der Waals surface area contributed by atoms with Crippen LogP contribution in [0.3, 0.4) is 0 Å². The molecule has 16 heavy (non-hydrogen) atoms. The molecule has 1 aromatic carbocycles. The lowest BCUT2D eigenvalue weighted by Gasteiger charge is -2.14. The van der Waals surface area contributed by atoms with E-state index in [0.717, 1.165) is 0 Å². The summed E-state index contributed by atoms with van der Waals surface area (Å²) in [5.41, 5.74) is 0.188. The average Bonchev–Trinajstić information content (AvgIpc) is 2.23. The topological polar surface area (TPSA) is 76.0 Å². The molecule has 6 heteroatoms. The van der Waals surface area contributed by atoms with Crippen LogP contribution in [0, 0.1) is 0 Å². The Balaban J connectivity index is 3.40. The molecule has 0 amide bonds. The zero-order valence-electron chi connectivity index (χ0n) is 8.78. The summed E-state index contributed by atoms with van der Waals surface area (Å²) in [6.45, 7) is 0. The average molecular weight is 247 g/mol. The maximum absolute atomic E-state index is 10.7. The van der Waals surface area contributed by atoms with Crippen molar-refractivity contribution in [2.24, 2.45) is 0 Å². The predicted molar refractivity (Wildman–Crippen MR) is 57.6 cm³/mol. The van der Waals surface area contributed by atoms with Gasteiger partial charge in [0.2, 0.25) is 0 Å². The van der Waals surface area contributed by atoms with Gasteiger partial charge in [0, 0.05) is 11.6 Å². The molecule has 1 rings (SSSR count). The summed E-state index contributed by atoms with van der Waals surface area (Å²) in [6.07, 6.45) is -0.354. The van der Waals surface area contributed by atoms with Gasteiger partial charge in [-0.25, -0.2) is 0 Å². The molecule has 2 N–H and O–H groups in total. The van der Waals surface area contributed by atoms with Crippen molar-refractivity contribution in [3.05, 3.63) is 16.7 Å². The lowest BCUT2D eigenvalue weighted by atomic mass is 10.1. The standard InChI is InChI=1S/C10H11ClO5/c1-15-7-4-6(12)9(11)5(3-8(13)14)10(7)16-2/h4,12H,3H2,1-2H3,(H,13,14). The number of halogens is 1. The summed E-state index contributed by atoms with van der Waals surface area (Å²) >= 11 is 5.80. The van der Waals surface area contributed by atoms with Gasteiger partial charge < -0.3 is 19.7 Å². The Morgan fingerprint density at radius 1 is 1.44 bits per heavy atom. The van der Waals surface area contributed by atoms with Crippen molar-refractivity contribution in [3.63, 3.8) is 0 Å². The van der Waals surface area contributed by atoms with E-state index in [0.29, 0.717) is 0 Å². The first-order valence-electron chi connectivity index (χ1n) is 4.35. The molecule has 0 saturated heterocycles. The van der Waals surface area contributed by atoms with Crippen molar-refractivity contribution in [2.75, 3.05) is 14.2 Å². The summed E-state index contributed by atoms with van der Waals surface area (Å²) in [4.78, 5) is 10.7. The van der Waals surface area contributed by atoms with Crippen LogP contribution in [-0.2, 0) is 11.2 Å². The van der Waals surface area contributed by atoms with Gasteiger partial charge in [0.25, 0.3) is 0 Å². The van der Waals surface area contributed by atoms with Crippen molar-refractivity contribution >= 4 is 17.6 Å². The van der Waals surface area contributed by atoms with Gasteiger partial charge in [0.15, 0.2) is 11.5 Å². The third-order valence-corrected chi connectivity index (χ3v) is 2.43. The van der Waals surface area contributed by atoms with Crippen molar-refractivity contribution in [1.82, 2.24) is 0 Å². The third-order valence-electron chi connectivity index (χ3n) is 2.01. The van der Waals surface area contributed by atoms with E-state index in [1.54, 1.807) is 0 Å². The fourth-order valence-electron chi connectivity index (χ4n) is 1.34. The lowest BCUT2D eigenvalue weighted by molar-refractivity contribution is -0.136. The fraction of sp³-hybridized carbons (Fsp3) is 0.300. The van der Waals surface area contributed by atoms with E-state index in [1.165, 1.54) is 20.3 Å². The van der Waals surface area contributed by atoms with Crippen molar-refractivity contribution in [1.29, 1.82) is 0 Å². The third kappa shape index (κ3) is 2.30. The number of phenolic OH excluding ortho intramolecular Hbond substituents is 1. The molecule has 0 aliphatic carbocycles. The van der Waals surface area contributed by atoms with Gasteiger partial charge in [-0.1, -0.05) is 11.6 Å². The molecule has 0 aliphatic heterocycles. The normalized spacial score (nSPS) is 9.94. The number of benzene rings is 1. The van der Waals surface area contributed by atoms with E-state index in [2.05, 4.69) is 0 Å². The first-order chi connectivity index (χ1) is 7.51. The van der Waals surface area contributed by atoms with Crippen LogP contribution in [0.2, 0.25) is 5.02 Å². The van der Waals surface area contributed by atoms with Crippen molar-refractivity contribution in [3.8, 4) is 17.2 Å². The van der Waals surface area contributed by atoms with E-state index >= 15 is 0 Å². The minimum Gasteiger partial charge on any atom is -0.506 e. The molecular weight excluding hydrogens is 236 g/mol. The number of carboxylic acids is 1. The second-order valence-corrected chi connectivity index (χ2v) is 3.37. The van der Waals surface area contributed by atoms with Crippen molar-refractivity contribution in [2.45, 2.75) is 6.42 Å². The maximum Gasteiger partial charge on any atom is 0.308 e. The molecule has 0 fully saturated rings. The lowest BCUT2D eigenvalue weighted by Crippen LogP contribution is -2.04. The van der Waals surface area contributed by atoms with Crippen LogP contribution in [0.25, 0.3) is 0 Å². The molecule has 1 aromatic rings. The van der Waals surface area contributed by atoms with Crippen molar-refractivity contribution < 1.29 is 24.5 Å². The minimum atomic E-state index is -1.08. The van der Waals surface area contributed by atoms with Gasteiger partial charge in [-0.3, -0.25) is 4.79 Å². The van der Waals surface area contributed by atoms with E-state index in [-0.39, 0.29) is 34.3 Å². The van der Waals surface area contributed by atoms with Gasteiger partial charge in [-0.2, -0.15) is 0 Å². The SMILES string of the molecule is COc1cc(O)c(Cl)c(CC(=O)O)c1OC. The molecule has 0 spiro atoms. The van der Waals surface area contributed by atoms with E-state index in [1.807, 2.05) is 0 Å². The van der Waals surface area contributed by atoms with Crippen LogP contribution >= 0.6 is 11.6 Å². The van der Waals surface area contributed by atoms with Gasteiger partial charge in [-0.05, 0) is 0 Å². The summed E-state index contributed by atoms with van der Waals surface area (Å²) in [5, 5.41) is 18.2. The molecule has 5 nitrogen and oxygen atoms in total. The van der Waals surface area contributed by atoms with Gasteiger partial charge in [-0.15, -0.1) is 0 Å². The monoisotopic (exact) mass is 246 g/mol. The summed E-state index contributed by atoms with van der Waals surface area (Å²) < 4.78 is 9.98. The van der Waals surface area contributed by atoms with Crippen LogP contribution in [0.15, 0.2) is 6.07 Å². The number of hydrogen-bond acceptors (Lipinski definition) is 4. The number of ether oxygens (including phenoxy) is 2. The Labute approximate surface area is 97.2 Å². The summed E-state index contributed by atoms with van der Waals surface area (Å²) in [6, 6.07) is 1.27. The molecule has 0 atom stereocenters. The van der Waals surface area contributed by atoms with E-state index < -0.39 is 5.97 Å². The number of aromatic hydroxyl groups is 1. The fourth-order valence-corrected chi connectivity index (χ4v) is 1.55. The second kappa shape index (κ2) is 4.94. The molecular formula is C10H11ClO5. The quantitative estimate of drug-likeness (QED) is 0.846. The highest BCUT2D eigenvalue weighted by molar-refractivity contribution is 6.33. The van der Waals surface area contributed by atoms with Gasteiger partial charge in [0.1, 0.15) is 5.75 Å². The molecule has 0 bridgehead atoms. The smallest absolute Gasteiger partial charge is 0.308 e. The zero-order valence-corrected chi connectivity index (χ0v) is 9.54. The molecule has 0 aromatic heterocycles. The largest absolute Gasteiger partial charge is 0.506 e. The Hall–Kier alpha value is -1.62. The Bertz CT molecular complexity index is 416. The highest BCUT2D eigenvalue weighted by Crippen LogP contribution is 2.41. The Kier molecular flexibility index (Phi) is 3.84. The number of hydrogen-bond donors (Lipinski definition) is 2. The molecule has 0 saturated carbocycles. The molecule has 88 valence electrons. The Morgan fingerprint density at radius 3 is 2.50 bits per heavy atom. The first-order valence-corrected chi connectivity index (χ1v) is 4.73. The van der Waals surface area contributed by atoms with E-state index in [9.17, 15) is 9.90 Å². The molecule has 0 radical (unpaired) electrons. The molecule has 0 unspecified atom stereocenters. The molecule has 0 aliphatic rings. The predicted octanol–water partition coefficient (Wildman–Crippen LogP) is 1.69. The number of aliphatic carboxylic acids is 1. The maximum atomic E-state index is 10.7. The van der Waals surface area contributed by atoms with Crippen LogP contribution in [0.4, 0.5) is 0 Å². The van der Waals surface area contributed by atoms with Crippen LogP contribution in [0.5, 0.6) is 17.2 Å². The number of carboxylic acid groups (broad SMARTS) is 1. The zero-order chi connectivity index (χ0) is 12.3. The highest BCUT2D eigenvalue weighted by atomic mass is 35.5. The van der Waals surface area contributed by atoms with Crippen LogP contribution < -0.4 is 9.47 Å². The van der Waals surface area contributed by atoms with E-state index in [4.69, 9.17) is 26.2 Å². The summed E-state index contributed by atoms with van der Waals surface area (Å²) in [7, 11) is 2.76. The second-order valence-electron chi connectivity index (χ2n) is 2.99. The van der Waals surface area contributed by atoms with Crippen LogP contribution in [0.1, 0.15) is 5.56 Å².